The predicted molar refractivity (Wildman–Crippen MR) is 75.8 cm³/mol. The molecule has 0 radical (unpaired) electrons. The number of nitrogens with zero attached hydrogens (tertiary/aromatic N) is 1. The standard InChI is InChI=1S/C12H12IN3/c1-8-11(14)6-7-12(15-8)16-10-4-2-9(13)3-5-10/h2-7H,14H2,1H3,(H,15,16). The van der Waals surface area contributed by atoms with E-state index in [1.165, 1.54) is 3.57 Å². The van der Waals surface area contributed by atoms with E-state index in [0.717, 1.165) is 17.2 Å². The first-order valence-electron chi connectivity index (χ1n) is 4.91. The molecule has 0 bridgehead atoms. The molecule has 0 atom stereocenters. The minimum absolute atomic E-state index is 0.716. The SMILES string of the molecule is Cc1nc(Nc2ccc(I)cc2)ccc1N. The van der Waals surface area contributed by atoms with Gasteiger partial charge in [-0.1, -0.05) is 0 Å². The average Bonchev–Trinajstić information content (AvgIpc) is 2.27. The van der Waals surface area contributed by atoms with Crippen LogP contribution < -0.4 is 11.1 Å². The highest BCUT2D eigenvalue weighted by molar-refractivity contribution is 14.1. The van der Waals surface area contributed by atoms with Crippen molar-refractivity contribution in [1.29, 1.82) is 0 Å². The van der Waals surface area contributed by atoms with Gasteiger partial charge in [-0.25, -0.2) is 4.98 Å². The molecule has 1 aromatic carbocycles. The lowest BCUT2D eigenvalue weighted by Gasteiger charge is -2.07. The van der Waals surface area contributed by atoms with Gasteiger partial charge in [-0.05, 0) is 65.9 Å². The van der Waals surface area contributed by atoms with Gasteiger partial charge in [0.2, 0.25) is 0 Å². The van der Waals surface area contributed by atoms with Crippen LogP contribution in [0.5, 0.6) is 0 Å². The van der Waals surface area contributed by atoms with Gasteiger partial charge in [0.25, 0.3) is 0 Å². The summed E-state index contributed by atoms with van der Waals surface area (Å²) in [6.45, 7) is 1.90. The number of nitrogen functional groups attached to an aromatic ring is 1. The molecule has 0 aliphatic carbocycles. The van der Waals surface area contributed by atoms with Crippen LogP contribution in [0.2, 0.25) is 0 Å². The lowest BCUT2D eigenvalue weighted by molar-refractivity contribution is 1.20. The Kier molecular flexibility index (Phi) is 3.28. The molecular formula is C12H12IN3. The fourth-order valence-corrected chi connectivity index (χ4v) is 1.68. The summed E-state index contributed by atoms with van der Waals surface area (Å²) in [5.41, 5.74) is 8.29. The number of hydrogen-bond donors (Lipinski definition) is 2. The maximum absolute atomic E-state index is 5.71. The van der Waals surface area contributed by atoms with Gasteiger partial charge in [-0.2, -0.15) is 0 Å². The van der Waals surface area contributed by atoms with E-state index in [4.69, 9.17) is 5.73 Å². The molecule has 0 saturated heterocycles. The average molecular weight is 325 g/mol. The number of benzene rings is 1. The zero-order chi connectivity index (χ0) is 11.5. The number of nitrogens with two attached hydrogens (primary N) is 1. The van der Waals surface area contributed by atoms with Crippen LogP contribution in [-0.4, -0.2) is 4.98 Å². The second-order valence-corrected chi connectivity index (χ2v) is 4.75. The van der Waals surface area contributed by atoms with E-state index in [0.29, 0.717) is 5.69 Å². The minimum atomic E-state index is 0.716. The number of aromatic nitrogens is 1. The quantitative estimate of drug-likeness (QED) is 0.833. The third-order valence-corrected chi connectivity index (χ3v) is 2.96. The monoisotopic (exact) mass is 325 g/mol. The molecule has 0 aliphatic rings. The van der Waals surface area contributed by atoms with Gasteiger partial charge in [-0.15, -0.1) is 0 Å². The third-order valence-electron chi connectivity index (χ3n) is 2.24. The van der Waals surface area contributed by atoms with E-state index in [2.05, 4.69) is 32.9 Å². The van der Waals surface area contributed by atoms with Gasteiger partial charge in [0.1, 0.15) is 5.82 Å². The van der Waals surface area contributed by atoms with E-state index < -0.39 is 0 Å². The second-order valence-electron chi connectivity index (χ2n) is 3.50. The van der Waals surface area contributed by atoms with Crippen molar-refractivity contribution >= 4 is 39.8 Å². The van der Waals surface area contributed by atoms with Crippen LogP contribution in [-0.2, 0) is 0 Å². The molecule has 2 aromatic rings. The smallest absolute Gasteiger partial charge is 0.130 e. The van der Waals surface area contributed by atoms with E-state index >= 15 is 0 Å². The summed E-state index contributed by atoms with van der Waals surface area (Å²) in [5.74, 6) is 0.813. The summed E-state index contributed by atoms with van der Waals surface area (Å²) < 4.78 is 1.21. The Morgan fingerprint density at radius 1 is 1.12 bits per heavy atom. The van der Waals surface area contributed by atoms with Crippen molar-refractivity contribution in [1.82, 2.24) is 4.98 Å². The van der Waals surface area contributed by atoms with Gasteiger partial charge in [0.15, 0.2) is 0 Å². The Labute approximate surface area is 108 Å². The Bertz CT molecular complexity index is 494. The molecule has 0 fully saturated rings. The topological polar surface area (TPSA) is 50.9 Å². The van der Waals surface area contributed by atoms with E-state index in [1.807, 2.05) is 43.3 Å². The Morgan fingerprint density at radius 3 is 2.44 bits per heavy atom. The minimum Gasteiger partial charge on any atom is -0.397 e. The maximum atomic E-state index is 5.71. The molecule has 82 valence electrons. The number of aryl methyl sites for hydroxylation is 1. The molecule has 2 rings (SSSR count). The largest absolute Gasteiger partial charge is 0.397 e. The van der Waals surface area contributed by atoms with Gasteiger partial charge >= 0.3 is 0 Å². The molecular weight excluding hydrogens is 313 g/mol. The molecule has 0 saturated carbocycles. The number of rotatable bonds is 2. The number of anilines is 3. The number of nitrogens with one attached hydrogen (secondary N) is 1. The first kappa shape index (κ1) is 11.2. The summed E-state index contributed by atoms with van der Waals surface area (Å²) in [7, 11) is 0. The number of pyridine rings is 1. The van der Waals surface area contributed by atoms with Gasteiger partial charge in [0, 0.05) is 9.26 Å². The highest BCUT2D eigenvalue weighted by Gasteiger charge is 1.99. The van der Waals surface area contributed by atoms with Gasteiger partial charge in [-0.3, -0.25) is 0 Å². The van der Waals surface area contributed by atoms with Crippen LogP contribution in [0.4, 0.5) is 17.2 Å². The third kappa shape index (κ3) is 2.63. The summed E-state index contributed by atoms with van der Waals surface area (Å²) in [4.78, 5) is 4.35. The van der Waals surface area contributed by atoms with E-state index in [1.54, 1.807) is 0 Å². The Balaban J connectivity index is 2.20. The van der Waals surface area contributed by atoms with Crippen molar-refractivity contribution in [2.45, 2.75) is 6.92 Å². The fraction of sp³-hybridized carbons (Fsp3) is 0.0833. The normalized spacial score (nSPS) is 10.1. The van der Waals surface area contributed by atoms with Crippen molar-refractivity contribution in [3.8, 4) is 0 Å². The van der Waals surface area contributed by atoms with Crippen LogP contribution in [0.1, 0.15) is 5.69 Å². The van der Waals surface area contributed by atoms with Crippen molar-refractivity contribution in [2.75, 3.05) is 11.1 Å². The molecule has 4 heteroatoms. The lowest BCUT2D eigenvalue weighted by Crippen LogP contribution is -1.98. The van der Waals surface area contributed by atoms with Crippen LogP contribution >= 0.6 is 22.6 Å². The summed E-state index contributed by atoms with van der Waals surface area (Å²) in [6, 6.07) is 11.9. The summed E-state index contributed by atoms with van der Waals surface area (Å²) >= 11 is 2.28. The first-order valence-corrected chi connectivity index (χ1v) is 5.99. The van der Waals surface area contributed by atoms with Crippen LogP contribution in [0, 0.1) is 10.5 Å². The van der Waals surface area contributed by atoms with Crippen molar-refractivity contribution in [3.63, 3.8) is 0 Å². The lowest BCUT2D eigenvalue weighted by atomic mass is 10.3. The van der Waals surface area contributed by atoms with Crippen molar-refractivity contribution in [3.05, 3.63) is 45.7 Å². The highest BCUT2D eigenvalue weighted by Crippen LogP contribution is 2.18. The predicted octanol–water partition coefficient (Wildman–Crippen LogP) is 3.32. The van der Waals surface area contributed by atoms with Crippen LogP contribution in [0.15, 0.2) is 36.4 Å². The molecule has 1 aromatic heterocycles. The number of hydrogen-bond acceptors (Lipinski definition) is 3. The number of halogens is 1. The van der Waals surface area contributed by atoms with E-state index in [9.17, 15) is 0 Å². The zero-order valence-electron chi connectivity index (χ0n) is 8.87. The zero-order valence-corrected chi connectivity index (χ0v) is 11.0. The molecule has 0 amide bonds. The second kappa shape index (κ2) is 4.69. The van der Waals surface area contributed by atoms with Crippen LogP contribution in [0.3, 0.4) is 0 Å². The molecule has 1 heterocycles. The van der Waals surface area contributed by atoms with Crippen molar-refractivity contribution < 1.29 is 0 Å². The molecule has 0 aliphatic heterocycles. The van der Waals surface area contributed by atoms with Gasteiger partial charge in [0.05, 0.1) is 11.4 Å². The maximum Gasteiger partial charge on any atom is 0.130 e. The molecule has 3 N–H and O–H groups in total. The fourth-order valence-electron chi connectivity index (χ4n) is 1.32. The molecule has 0 spiro atoms. The first-order chi connectivity index (χ1) is 7.65. The van der Waals surface area contributed by atoms with Crippen molar-refractivity contribution in [2.24, 2.45) is 0 Å². The molecule has 16 heavy (non-hydrogen) atoms. The molecule has 3 nitrogen and oxygen atoms in total. The highest BCUT2D eigenvalue weighted by atomic mass is 127. The Morgan fingerprint density at radius 2 is 1.81 bits per heavy atom. The van der Waals surface area contributed by atoms with Gasteiger partial charge < -0.3 is 11.1 Å². The van der Waals surface area contributed by atoms with E-state index in [-0.39, 0.29) is 0 Å². The Hall–Kier alpha value is -1.30. The van der Waals surface area contributed by atoms with Crippen LogP contribution in [0.25, 0.3) is 0 Å². The molecule has 0 unspecified atom stereocenters. The summed E-state index contributed by atoms with van der Waals surface area (Å²) in [5, 5.41) is 3.23. The summed E-state index contributed by atoms with van der Waals surface area (Å²) in [6.07, 6.45) is 0.